The standard InChI is InChI=1S/C13H24N2S/c1-9(8-15(5)6)14-11(3)13-7-10(2)16-12(13)4/h7,9,11,14H,8H2,1-6H3. The normalized spacial score (nSPS) is 15.4. The zero-order chi connectivity index (χ0) is 12.3. The third-order valence-corrected chi connectivity index (χ3v) is 3.70. The van der Waals surface area contributed by atoms with Crippen molar-refractivity contribution >= 4 is 11.3 Å². The van der Waals surface area contributed by atoms with Crippen LogP contribution in [0.25, 0.3) is 0 Å². The van der Waals surface area contributed by atoms with Crippen LogP contribution in [0.5, 0.6) is 0 Å². The van der Waals surface area contributed by atoms with Crippen LogP contribution in [0.2, 0.25) is 0 Å². The van der Waals surface area contributed by atoms with Crippen LogP contribution >= 0.6 is 11.3 Å². The molecule has 1 N–H and O–H groups in total. The van der Waals surface area contributed by atoms with Gasteiger partial charge in [0.2, 0.25) is 0 Å². The molecule has 0 saturated carbocycles. The molecule has 0 saturated heterocycles. The van der Waals surface area contributed by atoms with E-state index < -0.39 is 0 Å². The molecule has 2 nitrogen and oxygen atoms in total. The van der Waals surface area contributed by atoms with E-state index in [0.29, 0.717) is 12.1 Å². The molecule has 16 heavy (non-hydrogen) atoms. The van der Waals surface area contributed by atoms with Gasteiger partial charge in [0.05, 0.1) is 0 Å². The van der Waals surface area contributed by atoms with Crippen molar-refractivity contribution < 1.29 is 0 Å². The molecule has 1 rings (SSSR count). The lowest BCUT2D eigenvalue weighted by molar-refractivity contribution is 0.334. The lowest BCUT2D eigenvalue weighted by atomic mass is 10.1. The van der Waals surface area contributed by atoms with Gasteiger partial charge in [0, 0.05) is 28.4 Å². The Labute approximate surface area is 104 Å². The summed E-state index contributed by atoms with van der Waals surface area (Å²) in [4.78, 5) is 5.06. The second-order valence-corrected chi connectivity index (χ2v) is 6.38. The molecule has 3 heteroatoms. The Kier molecular flexibility index (Phi) is 4.96. The van der Waals surface area contributed by atoms with Gasteiger partial charge in [0.15, 0.2) is 0 Å². The summed E-state index contributed by atoms with van der Waals surface area (Å²) in [6.45, 7) is 9.96. The minimum Gasteiger partial charge on any atom is -0.308 e. The number of aryl methyl sites for hydroxylation is 2. The van der Waals surface area contributed by atoms with Crippen LogP contribution < -0.4 is 5.32 Å². The molecule has 1 heterocycles. The van der Waals surface area contributed by atoms with Gasteiger partial charge < -0.3 is 10.2 Å². The fraction of sp³-hybridized carbons (Fsp3) is 0.692. The van der Waals surface area contributed by atoms with Crippen molar-refractivity contribution in [1.29, 1.82) is 0 Å². The average molecular weight is 240 g/mol. The fourth-order valence-corrected chi connectivity index (χ4v) is 3.22. The summed E-state index contributed by atoms with van der Waals surface area (Å²) >= 11 is 1.89. The predicted octanol–water partition coefficient (Wildman–Crippen LogP) is 2.97. The van der Waals surface area contributed by atoms with E-state index in [9.17, 15) is 0 Å². The van der Waals surface area contributed by atoms with Crippen LogP contribution in [0.3, 0.4) is 0 Å². The van der Waals surface area contributed by atoms with Gasteiger partial charge in [-0.15, -0.1) is 11.3 Å². The number of thiophene rings is 1. The van der Waals surface area contributed by atoms with Crippen molar-refractivity contribution in [3.05, 3.63) is 21.4 Å². The summed E-state index contributed by atoms with van der Waals surface area (Å²) in [5, 5.41) is 3.65. The number of nitrogens with zero attached hydrogens (tertiary/aromatic N) is 1. The number of hydrogen-bond donors (Lipinski definition) is 1. The van der Waals surface area contributed by atoms with E-state index in [1.54, 1.807) is 0 Å². The zero-order valence-electron chi connectivity index (χ0n) is 11.3. The number of rotatable bonds is 5. The lowest BCUT2D eigenvalue weighted by Crippen LogP contribution is -2.37. The molecule has 0 amide bonds. The summed E-state index contributed by atoms with van der Waals surface area (Å²) in [6.07, 6.45) is 0. The van der Waals surface area contributed by atoms with Gasteiger partial charge >= 0.3 is 0 Å². The molecule has 0 aromatic carbocycles. The molecule has 0 bridgehead atoms. The predicted molar refractivity (Wildman–Crippen MR) is 73.4 cm³/mol. The van der Waals surface area contributed by atoms with Gasteiger partial charge in [-0.25, -0.2) is 0 Å². The quantitative estimate of drug-likeness (QED) is 0.851. The van der Waals surface area contributed by atoms with Gasteiger partial charge in [0.25, 0.3) is 0 Å². The molecule has 0 aliphatic rings. The van der Waals surface area contributed by atoms with Crippen LogP contribution in [0.4, 0.5) is 0 Å². The van der Waals surface area contributed by atoms with Crippen LogP contribution in [0.1, 0.15) is 35.2 Å². The third kappa shape index (κ3) is 3.89. The Morgan fingerprint density at radius 1 is 1.31 bits per heavy atom. The largest absolute Gasteiger partial charge is 0.308 e. The van der Waals surface area contributed by atoms with E-state index in [1.807, 2.05) is 11.3 Å². The summed E-state index contributed by atoms with van der Waals surface area (Å²) in [6, 6.07) is 3.27. The molecule has 2 unspecified atom stereocenters. The van der Waals surface area contributed by atoms with Gasteiger partial charge in [-0.2, -0.15) is 0 Å². The highest BCUT2D eigenvalue weighted by Gasteiger charge is 2.13. The Morgan fingerprint density at radius 2 is 1.94 bits per heavy atom. The van der Waals surface area contributed by atoms with E-state index in [-0.39, 0.29) is 0 Å². The number of hydrogen-bond acceptors (Lipinski definition) is 3. The Hall–Kier alpha value is -0.380. The molecule has 0 aliphatic heterocycles. The maximum absolute atomic E-state index is 3.65. The van der Waals surface area contributed by atoms with Gasteiger partial charge in [-0.3, -0.25) is 0 Å². The smallest absolute Gasteiger partial charge is 0.0305 e. The maximum atomic E-state index is 3.65. The molecule has 0 aliphatic carbocycles. The summed E-state index contributed by atoms with van der Waals surface area (Å²) in [5.41, 5.74) is 1.45. The van der Waals surface area contributed by atoms with Gasteiger partial charge in [-0.1, -0.05) is 0 Å². The third-order valence-electron chi connectivity index (χ3n) is 2.72. The number of likely N-dealkylation sites (N-methyl/N-ethyl adjacent to an activating group) is 1. The highest BCUT2D eigenvalue weighted by Crippen LogP contribution is 2.26. The number of nitrogens with one attached hydrogen (secondary N) is 1. The van der Waals surface area contributed by atoms with Crippen LogP contribution in [-0.4, -0.2) is 31.6 Å². The molecule has 0 fully saturated rings. The molecule has 2 atom stereocenters. The van der Waals surface area contributed by atoms with Crippen LogP contribution in [-0.2, 0) is 0 Å². The molecular formula is C13H24N2S. The fourth-order valence-electron chi connectivity index (χ4n) is 2.20. The van der Waals surface area contributed by atoms with Crippen LogP contribution in [0.15, 0.2) is 6.07 Å². The first-order valence-corrected chi connectivity index (χ1v) is 6.69. The molecule has 1 aromatic heterocycles. The molecular weight excluding hydrogens is 216 g/mol. The average Bonchev–Trinajstić information content (AvgIpc) is 2.43. The Balaban J connectivity index is 2.58. The Morgan fingerprint density at radius 3 is 2.38 bits per heavy atom. The first-order valence-electron chi connectivity index (χ1n) is 5.88. The minimum atomic E-state index is 0.444. The first-order chi connectivity index (χ1) is 7.40. The summed E-state index contributed by atoms with van der Waals surface area (Å²) in [5.74, 6) is 0. The Bertz CT molecular complexity index is 331. The highest BCUT2D eigenvalue weighted by molar-refractivity contribution is 7.12. The van der Waals surface area contributed by atoms with Crippen LogP contribution in [0, 0.1) is 13.8 Å². The van der Waals surface area contributed by atoms with E-state index in [0.717, 1.165) is 6.54 Å². The minimum absolute atomic E-state index is 0.444. The monoisotopic (exact) mass is 240 g/mol. The highest BCUT2D eigenvalue weighted by atomic mass is 32.1. The van der Waals surface area contributed by atoms with Gasteiger partial charge in [0.1, 0.15) is 0 Å². The van der Waals surface area contributed by atoms with Crippen molar-refractivity contribution in [1.82, 2.24) is 10.2 Å². The second kappa shape index (κ2) is 5.80. The molecule has 92 valence electrons. The van der Waals surface area contributed by atoms with E-state index in [4.69, 9.17) is 0 Å². The topological polar surface area (TPSA) is 15.3 Å². The zero-order valence-corrected chi connectivity index (χ0v) is 12.1. The molecule has 0 radical (unpaired) electrons. The van der Waals surface area contributed by atoms with Crippen molar-refractivity contribution in [2.75, 3.05) is 20.6 Å². The maximum Gasteiger partial charge on any atom is 0.0305 e. The van der Waals surface area contributed by atoms with Crippen molar-refractivity contribution in [2.45, 2.75) is 39.8 Å². The first kappa shape index (κ1) is 13.7. The summed E-state index contributed by atoms with van der Waals surface area (Å²) in [7, 11) is 4.23. The van der Waals surface area contributed by atoms with Crippen molar-refractivity contribution in [2.24, 2.45) is 0 Å². The SMILES string of the molecule is Cc1cc(C(C)NC(C)CN(C)C)c(C)s1. The van der Waals surface area contributed by atoms with Crippen molar-refractivity contribution in [3.8, 4) is 0 Å². The molecule has 1 aromatic rings. The lowest BCUT2D eigenvalue weighted by Gasteiger charge is -2.23. The molecule has 0 spiro atoms. The summed E-state index contributed by atoms with van der Waals surface area (Å²) < 4.78 is 0. The van der Waals surface area contributed by atoms with E-state index in [2.05, 4.69) is 58.1 Å². The van der Waals surface area contributed by atoms with E-state index >= 15 is 0 Å². The van der Waals surface area contributed by atoms with Crippen molar-refractivity contribution in [3.63, 3.8) is 0 Å². The van der Waals surface area contributed by atoms with Gasteiger partial charge in [-0.05, 0) is 53.4 Å². The van der Waals surface area contributed by atoms with E-state index in [1.165, 1.54) is 15.3 Å². The second-order valence-electron chi connectivity index (χ2n) is 4.92.